The van der Waals surface area contributed by atoms with E-state index < -0.39 is 17.9 Å². The summed E-state index contributed by atoms with van der Waals surface area (Å²) in [6.07, 6.45) is 2.64. The third-order valence-corrected chi connectivity index (χ3v) is 5.91. The van der Waals surface area contributed by atoms with Crippen LogP contribution in [0.2, 0.25) is 0 Å². The molecule has 182 valence electrons. The number of benzene rings is 1. The van der Waals surface area contributed by atoms with E-state index >= 15 is 0 Å². The summed E-state index contributed by atoms with van der Waals surface area (Å²) in [4.78, 5) is 39.0. The van der Waals surface area contributed by atoms with Crippen molar-refractivity contribution < 1.29 is 23.9 Å². The second kappa shape index (κ2) is 13.5. The number of ether oxygens (including phenoxy) is 2. The van der Waals surface area contributed by atoms with E-state index in [1.54, 1.807) is 23.1 Å². The SMILES string of the molecule is CCCCCOC(=O)CC1C(=O)NCCN1C(=S)NC(=O)c1ccc(OCC(C)C)c(Br)c1. The molecule has 1 unspecified atom stereocenters. The highest BCUT2D eigenvalue weighted by Gasteiger charge is 2.34. The molecule has 0 radical (unpaired) electrons. The molecule has 1 saturated heterocycles. The Morgan fingerprint density at radius 1 is 1.33 bits per heavy atom. The highest BCUT2D eigenvalue weighted by atomic mass is 79.9. The van der Waals surface area contributed by atoms with Crippen LogP contribution in [0.1, 0.15) is 56.8 Å². The average molecular weight is 542 g/mol. The number of thiocarbonyl (C=S) groups is 1. The van der Waals surface area contributed by atoms with Crippen LogP contribution in [-0.4, -0.2) is 60.1 Å². The van der Waals surface area contributed by atoms with E-state index in [9.17, 15) is 14.4 Å². The molecule has 8 nitrogen and oxygen atoms in total. The Balaban J connectivity index is 1.99. The minimum Gasteiger partial charge on any atom is -0.492 e. The molecule has 1 aromatic carbocycles. The minimum absolute atomic E-state index is 0.0925. The van der Waals surface area contributed by atoms with Gasteiger partial charge in [0.05, 0.1) is 24.1 Å². The van der Waals surface area contributed by atoms with Gasteiger partial charge in [-0.1, -0.05) is 33.6 Å². The van der Waals surface area contributed by atoms with Crippen molar-refractivity contribution in [3.05, 3.63) is 28.2 Å². The zero-order valence-corrected chi connectivity index (χ0v) is 21.7. The van der Waals surface area contributed by atoms with Gasteiger partial charge in [-0.15, -0.1) is 0 Å². The van der Waals surface area contributed by atoms with E-state index in [-0.39, 0.29) is 17.4 Å². The van der Waals surface area contributed by atoms with Crippen LogP contribution >= 0.6 is 28.1 Å². The van der Waals surface area contributed by atoms with Crippen LogP contribution in [0.4, 0.5) is 0 Å². The van der Waals surface area contributed by atoms with Gasteiger partial charge in [-0.25, -0.2) is 0 Å². The minimum atomic E-state index is -0.830. The van der Waals surface area contributed by atoms with Gasteiger partial charge in [0, 0.05) is 18.7 Å². The molecule has 0 bridgehead atoms. The molecule has 1 atom stereocenters. The molecule has 1 heterocycles. The number of amides is 2. The van der Waals surface area contributed by atoms with Crippen LogP contribution in [0.3, 0.4) is 0 Å². The second-order valence-electron chi connectivity index (χ2n) is 8.24. The van der Waals surface area contributed by atoms with E-state index in [0.29, 0.717) is 48.0 Å². The zero-order chi connectivity index (χ0) is 24.4. The molecular formula is C23H32BrN3O5S. The van der Waals surface area contributed by atoms with E-state index in [0.717, 1.165) is 19.3 Å². The molecule has 1 aliphatic rings. The second-order valence-corrected chi connectivity index (χ2v) is 9.48. The van der Waals surface area contributed by atoms with Crippen molar-refractivity contribution in [3.63, 3.8) is 0 Å². The summed E-state index contributed by atoms with van der Waals surface area (Å²) in [6, 6.07) is 4.19. The molecule has 2 N–H and O–H groups in total. The van der Waals surface area contributed by atoms with Gasteiger partial charge in [-0.05, 0) is 58.7 Å². The molecule has 0 saturated carbocycles. The average Bonchev–Trinajstić information content (AvgIpc) is 2.77. The maximum atomic E-state index is 12.8. The van der Waals surface area contributed by atoms with Gasteiger partial charge in [0.2, 0.25) is 5.91 Å². The molecule has 2 rings (SSSR count). The van der Waals surface area contributed by atoms with Crippen molar-refractivity contribution in [2.75, 3.05) is 26.3 Å². The Kier molecular flexibility index (Phi) is 11.1. The topological polar surface area (TPSA) is 97.0 Å². The van der Waals surface area contributed by atoms with Gasteiger partial charge in [0.25, 0.3) is 5.91 Å². The van der Waals surface area contributed by atoms with Gasteiger partial charge in [0.15, 0.2) is 5.11 Å². The molecule has 0 spiro atoms. The summed E-state index contributed by atoms with van der Waals surface area (Å²) >= 11 is 8.84. The number of carbonyl (C=O) groups is 3. The first kappa shape index (κ1) is 27.0. The number of rotatable bonds is 10. The first-order valence-corrected chi connectivity index (χ1v) is 12.4. The van der Waals surface area contributed by atoms with E-state index in [4.69, 9.17) is 21.7 Å². The number of hydrogen-bond donors (Lipinski definition) is 2. The Bertz CT molecular complexity index is 864. The van der Waals surface area contributed by atoms with Crippen LogP contribution in [0, 0.1) is 5.92 Å². The predicted molar refractivity (Wildman–Crippen MR) is 133 cm³/mol. The quantitative estimate of drug-likeness (QED) is 0.266. The Labute approximate surface area is 208 Å². The first-order chi connectivity index (χ1) is 15.7. The molecule has 0 aliphatic carbocycles. The predicted octanol–water partition coefficient (Wildman–Crippen LogP) is 3.42. The monoisotopic (exact) mass is 541 g/mol. The third-order valence-electron chi connectivity index (χ3n) is 4.95. The number of nitrogens with zero attached hydrogens (tertiary/aromatic N) is 1. The van der Waals surface area contributed by atoms with Crippen molar-refractivity contribution in [1.82, 2.24) is 15.5 Å². The molecule has 0 aromatic heterocycles. The van der Waals surface area contributed by atoms with Crippen molar-refractivity contribution >= 4 is 51.0 Å². The lowest BCUT2D eigenvalue weighted by atomic mass is 10.1. The summed E-state index contributed by atoms with van der Waals surface area (Å²) in [5.74, 6) is -0.178. The van der Waals surface area contributed by atoms with Gasteiger partial charge in [-0.2, -0.15) is 0 Å². The van der Waals surface area contributed by atoms with Gasteiger partial charge in [-0.3, -0.25) is 19.7 Å². The molecule has 1 aliphatic heterocycles. The molecule has 1 aromatic rings. The lowest BCUT2D eigenvalue weighted by Gasteiger charge is -2.36. The number of hydrogen-bond acceptors (Lipinski definition) is 6. The van der Waals surface area contributed by atoms with Crippen molar-refractivity contribution in [1.29, 1.82) is 0 Å². The molecule has 33 heavy (non-hydrogen) atoms. The number of unbranched alkanes of at least 4 members (excludes halogenated alkanes) is 2. The van der Waals surface area contributed by atoms with E-state index in [2.05, 4.69) is 47.3 Å². The molecular weight excluding hydrogens is 510 g/mol. The Hall–Kier alpha value is -2.20. The van der Waals surface area contributed by atoms with Crippen LogP contribution in [0.25, 0.3) is 0 Å². The summed E-state index contributed by atoms with van der Waals surface area (Å²) < 4.78 is 11.6. The highest BCUT2D eigenvalue weighted by molar-refractivity contribution is 9.10. The van der Waals surface area contributed by atoms with Crippen LogP contribution in [0.5, 0.6) is 5.75 Å². The number of halogens is 1. The normalized spacial score (nSPS) is 15.7. The Morgan fingerprint density at radius 2 is 2.09 bits per heavy atom. The largest absolute Gasteiger partial charge is 0.492 e. The fourth-order valence-corrected chi connectivity index (χ4v) is 3.98. The number of piperazine rings is 1. The maximum absolute atomic E-state index is 12.8. The van der Waals surface area contributed by atoms with Crippen LogP contribution < -0.4 is 15.4 Å². The molecule has 2 amide bonds. The van der Waals surface area contributed by atoms with Crippen molar-refractivity contribution in [3.8, 4) is 5.75 Å². The third kappa shape index (κ3) is 8.58. The molecule has 10 heteroatoms. The zero-order valence-electron chi connectivity index (χ0n) is 19.3. The highest BCUT2D eigenvalue weighted by Crippen LogP contribution is 2.26. The summed E-state index contributed by atoms with van der Waals surface area (Å²) in [5, 5.41) is 5.50. The smallest absolute Gasteiger partial charge is 0.308 e. The van der Waals surface area contributed by atoms with Gasteiger partial charge >= 0.3 is 5.97 Å². The summed E-state index contributed by atoms with van der Waals surface area (Å²) in [6.45, 7) is 7.80. The van der Waals surface area contributed by atoms with E-state index in [1.165, 1.54) is 0 Å². The van der Waals surface area contributed by atoms with E-state index in [1.807, 2.05) is 0 Å². The Morgan fingerprint density at radius 3 is 2.76 bits per heavy atom. The fourth-order valence-electron chi connectivity index (χ4n) is 3.17. The van der Waals surface area contributed by atoms with Crippen molar-refractivity contribution in [2.24, 2.45) is 5.92 Å². The van der Waals surface area contributed by atoms with Gasteiger partial charge in [0.1, 0.15) is 11.8 Å². The lowest BCUT2D eigenvalue weighted by Crippen LogP contribution is -2.60. The first-order valence-electron chi connectivity index (χ1n) is 11.2. The number of esters is 1. The van der Waals surface area contributed by atoms with Crippen LogP contribution in [-0.2, 0) is 14.3 Å². The molecule has 1 fully saturated rings. The summed E-state index contributed by atoms with van der Waals surface area (Å²) in [7, 11) is 0. The maximum Gasteiger partial charge on any atom is 0.308 e. The number of nitrogens with one attached hydrogen (secondary N) is 2. The number of carbonyl (C=O) groups excluding carboxylic acids is 3. The van der Waals surface area contributed by atoms with Crippen LogP contribution in [0.15, 0.2) is 22.7 Å². The van der Waals surface area contributed by atoms with Crippen molar-refractivity contribution in [2.45, 2.75) is 52.5 Å². The standard InChI is InChI=1S/C23H32BrN3O5S/c1-4-5-6-11-31-20(28)13-18-22(30)25-9-10-27(18)23(33)26-21(29)16-7-8-19(17(24)12-16)32-14-15(2)3/h7-8,12,15,18H,4-6,9-11,13-14H2,1-3H3,(H,25,30)(H,26,29,33). The summed E-state index contributed by atoms with van der Waals surface area (Å²) in [5.41, 5.74) is 0.384. The van der Waals surface area contributed by atoms with Gasteiger partial charge < -0.3 is 19.7 Å². The fraction of sp³-hybridized carbons (Fsp3) is 0.565. The lowest BCUT2D eigenvalue weighted by molar-refractivity contribution is -0.147.